The fraction of sp³-hybridized carbons (Fsp3) is 0.706. The predicted octanol–water partition coefficient (Wildman–Crippen LogP) is 2.91. The molecule has 1 saturated carbocycles. The number of carbonyl (C=O) groups excluding carboxylic acids is 1. The Morgan fingerprint density at radius 2 is 2.00 bits per heavy atom. The number of rotatable bonds is 4. The molecule has 1 aliphatic carbocycles. The standard InChI is InChI=1S/C17H27N3O/c1-12-6-8-17(5,16(12,3)4)15(21)20-9-7-14-13(2)18-10-11-19-14/h10-12H,6-9H2,1-5H3,(H,20,21)/t12-,17-/m0/s1. The van der Waals surface area contributed by atoms with Crippen LogP contribution >= 0.6 is 0 Å². The molecule has 0 aromatic carbocycles. The van der Waals surface area contributed by atoms with E-state index in [0.717, 1.165) is 30.7 Å². The zero-order chi connectivity index (χ0) is 15.7. The first-order chi connectivity index (χ1) is 9.79. The molecular weight excluding hydrogens is 262 g/mol. The third-order valence-corrected chi connectivity index (χ3v) is 5.86. The van der Waals surface area contributed by atoms with Crippen molar-refractivity contribution in [1.82, 2.24) is 15.3 Å². The van der Waals surface area contributed by atoms with Gasteiger partial charge in [0, 0.05) is 25.4 Å². The molecule has 1 aromatic heterocycles. The largest absolute Gasteiger partial charge is 0.355 e. The van der Waals surface area contributed by atoms with Crippen molar-refractivity contribution in [3.8, 4) is 0 Å². The van der Waals surface area contributed by atoms with E-state index in [4.69, 9.17) is 0 Å². The minimum absolute atomic E-state index is 0.0412. The van der Waals surface area contributed by atoms with Gasteiger partial charge in [0.2, 0.25) is 5.91 Å². The molecule has 0 spiro atoms. The Bertz CT molecular complexity index is 527. The van der Waals surface area contributed by atoms with Crippen LogP contribution in [0.15, 0.2) is 12.4 Å². The van der Waals surface area contributed by atoms with Crippen molar-refractivity contribution in [2.24, 2.45) is 16.7 Å². The van der Waals surface area contributed by atoms with Crippen LogP contribution in [0.5, 0.6) is 0 Å². The molecule has 0 bridgehead atoms. The van der Waals surface area contributed by atoms with Crippen molar-refractivity contribution >= 4 is 5.91 Å². The number of carbonyl (C=O) groups is 1. The molecule has 2 rings (SSSR count). The normalized spacial score (nSPS) is 27.6. The monoisotopic (exact) mass is 289 g/mol. The first-order valence-corrected chi connectivity index (χ1v) is 7.84. The molecule has 116 valence electrons. The highest BCUT2D eigenvalue weighted by molar-refractivity contribution is 5.83. The third-order valence-electron chi connectivity index (χ3n) is 5.86. The highest BCUT2D eigenvalue weighted by atomic mass is 16.2. The Balaban J connectivity index is 1.95. The molecule has 21 heavy (non-hydrogen) atoms. The van der Waals surface area contributed by atoms with Gasteiger partial charge >= 0.3 is 0 Å². The third kappa shape index (κ3) is 2.81. The van der Waals surface area contributed by atoms with Crippen LogP contribution in [-0.2, 0) is 11.2 Å². The molecule has 1 heterocycles. The Hall–Kier alpha value is -1.45. The fourth-order valence-electron chi connectivity index (χ4n) is 3.31. The van der Waals surface area contributed by atoms with E-state index in [-0.39, 0.29) is 16.7 Å². The lowest BCUT2D eigenvalue weighted by atomic mass is 9.65. The second-order valence-corrected chi connectivity index (χ2v) is 7.09. The molecular formula is C17H27N3O. The molecule has 1 N–H and O–H groups in total. The summed E-state index contributed by atoms with van der Waals surface area (Å²) in [6.45, 7) is 11.4. The first kappa shape index (κ1) is 15.9. The predicted molar refractivity (Wildman–Crippen MR) is 83.8 cm³/mol. The van der Waals surface area contributed by atoms with E-state index in [2.05, 4.69) is 43.0 Å². The van der Waals surface area contributed by atoms with E-state index in [1.807, 2.05) is 6.92 Å². The van der Waals surface area contributed by atoms with Crippen LogP contribution in [0.3, 0.4) is 0 Å². The van der Waals surface area contributed by atoms with Crippen LogP contribution in [0, 0.1) is 23.7 Å². The van der Waals surface area contributed by atoms with Crippen molar-refractivity contribution in [2.45, 2.75) is 53.9 Å². The van der Waals surface area contributed by atoms with E-state index in [9.17, 15) is 4.79 Å². The number of aryl methyl sites for hydroxylation is 1. The second kappa shape index (κ2) is 5.74. The summed E-state index contributed by atoms with van der Waals surface area (Å²) in [4.78, 5) is 21.2. The van der Waals surface area contributed by atoms with Gasteiger partial charge in [0.05, 0.1) is 16.8 Å². The molecule has 0 aliphatic heterocycles. The zero-order valence-corrected chi connectivity index (χ0v) is 13.9. The molecule has 2 atom stereocenters. The Morgan fingerprint density at radius 3 is 2.57 bits per heavy atom. The first-order valence-electron chi connectivity index (χ1n) is 7.84. The average molecular weight is 289 g/mol. The van der Waals surface area contributed by atoms with E-state index >= 15 is 0 Å². The topological polar surface area (TPSA) is 54.9 Å². The van der Waals surface area contributed by atoms with Crippen LogP contribution in [0.25, 0.3) is 0 Å². The van der Waals surface area contributed by atoms with E-state index < -0.39 is 0 Å². The number of nitrogens with one attached hydrogen (secondary N) is 1. The lowest BCUT2D eigenvalue weighted by Gasteiger charge is -2.39. The maximum atomic E-state index is 12.7. The maximum absolute atomic E-state index is 12.7. The highest BCUT2D eigenvalue weighted by Crippen LogP contribution is 2.55. The summed E-state index contributed by atoms with van der Waals surface area (Å²) in [5, 5.41) is 3.11. The minimum Gasteiger partial charge on any atom is -0.355 e. The SMILES string of the molecule is Cc1nccnc1CCNC(=O)[C@]1(C)CC[C@H](C)C1(C)C. The lowest BCUT2D eigenvalue weighted by Crippen LogP contribution is -2.47. The number of hydrogen-bond acceptors (Lipinski definition) is 3. The van der Waals surface area contributed by atoms with Gasteiger partial charge in [0.25, 0.3) is 0 Å². The van der Waals surface area contributed by atoms with Gasteiger partial charge in [0.15, 0.2) is 0 Å². The van der Waals surface area contributed by atoms with E-state index in [1.165, 1.54) is 0 Å². The molecule has 0 saturated heterocycles. The average Bonchev–Trinajstić information content (AvgIpc) is 2.65. The van der Waals surface area contributed by atoms with Crippen molar-refractivity contribution in [3.63, 3.8) is 0 Å². The number of hydrogen-bond donors (Lipinski definition) is 1. The minimum atomic E-state index is -0.274. The molecule has 1 aliphatic rings. The van der Waals surface area contributed by atoms with E-state index in [0.29, 0.717) is 12.5 Å². The van der Waals surface area contributed by atoms with Crippen molar-refractivity contribution < 1.29 is 4.79 Å². The fourth-order valence-corrected chi connectivity index (χ4v) is 3.31. The number of amides is 1. The van der Waals surface area contributed by atoms with Crippen LogP contribution in [0.2, 0.25) is 0 Å². The molecule has 1 aromatic rings. The highest BCUT2D eigenvalue weighted by Gasteiger charge is 2.53. The summed E-state index contributed by atoms with van der Waals surface area (Å²) in [5.41, 5.74) is 1.67. The smallest absolute Gasteiger partial charge is 0.226 e. The Morgan fingerprint density at radius 1 is 1.33 bits per heavy atom. The Labute approximate surface area is 127 Å². The van der Waals surface area contributed by atoms with Gasteiger partial charge in [-0.25, -0.2) is 0 Å². The van der Waals surface area contributed by atoms with Gasteiger partial charge in [-0.1, -0.05) is 27.7 Å². The van der Waals surface area contributed by atoms with Crippen molar-refractivity contribution in [1.29, 1.82) is 0 Å². The van der Waals surface area contributed by atoms with Crippen molar-refractivity contribution in [2.75, 3.05) is 6.54 Å². The summed E-state index contributed by atoms with van der Waals surface area (Å²) < 4.78 is 0. The zero-order valence-electron chi connectivity index (χ0n) is 13.9. The molecule has 4 nitrogen and oxygen atoms in total. The summed E-state index contributed by atoms with van der Waals surface area (Å²) in [6, 6.07) is 0. The van der Waals surface area contributed by atoms with Gasteiger partial charge in [0.1, 0.15) is 0 Å². The van der Waals surface area contributed by atoms with Gasteiger partial charge in [-0.05, 0) is 31.1 Å². The van der Waals surface area contributed by atoms with Crippen LogP contribution in [-0.4, -0.2) is 22.4 Å². The second-order valence-electron chi connectivity index (χ2n) is 7.09. The van der Waals surface area contributed by atoms with Crippen LogP contribution in [0.4, 0.5) is 0 Å². The summed E-state index contributed by atoms with van der Waals surface area (Å²) in [6.07, 6.45) is 6.23. The van der Waals surface area contributed by atoms with Gasteiger partial charge < -0.3 is 5.32 Å². The number of aromatic nitrogens is 2. The molecule has 1 fully saturated rings. The molecule has 0 unspecified atom stereocenters. The van der Waals surface area contributed by atoms with E-state index in [1.54, 1.807) is 12.4 Å². The van der Waals surface area contributed by atoms with Gasteiger partial charge in [-0.3, -0.25) is 14.8 Å². The van der Waals surface area contributed by atoms with Crippen LogP contribution < -0.4 is 5.32 Å². The summed E-state index contributed by atoms with van der Waals surface area (Å²) in [7, 11) is 0. The summed E-state index contributed by atoms with van der Waals surface area (Å²) in [5.74, 6) is 0.758. The van der Waals surface area contributed by atoms with Gasteiger partial charge in [-0.15, -0.1) is 0 Å². The molecule has 0 radical (unpaired) electrons. The van der Waals surface area contributed by atoms with Crippen LogP contribution in [0.1, 0.15) is 51.9 Å². The summed E-state index contributed by atoms with van der Waals surface area (Å²) >= 11 is 0. The van der Waals surface area contributed by atoms with Crippen molar-refractivity contribution in [3.05, 3.63) is 23.8 Å². The Kier molecular flexibility index (Phi) is 4.35. The lowest BCUT2D eigenvalue weighted by molar-refractivity contribution is -0.135. The molecule has 1 amide bonds. The number of nitrogens with zero attached hydrogens (tertiary/aromatic N) is 2. The maximum Gasteiger partial charge on any atom is 0.226 e. The molecule has 4 heteroatoms. The quantitative estimate of drug-likeness (QED) is 0.927. The van der Waals surface area contributed by atoms with Gasteiger partial charge in [-0.2, -0.15) is 0 Å².